The number of carbonyl (C=O) groups is 1. The fraction of sp³-hybridized carbons (Fsp3) is 0.214. The van der Waals surface area contributed by atoms with Crippen LogP contribution in [-0.2, 0) is 0 Å². The van der Waals surface area contributed by atoms with Crippen molar-refractivity contribution in [3.05, 3.63) is 53.4 Å². The van der Waals surface area contributed by atoms with Crippen LogP contribution in [0, 0.1) is 0 Å². The maximum absolute atomic E-state index is 12.3. The highest BCUT2D eigenvalue weighted by atomic mass is 32.2. The van der Waals surface area contributed by atoms with Crippen LogP contribution < -0.4 is 0 Å². The van der Waals surface area contributed by atoms with E-state index >= 15 is 0 Å². The molecule has 1 nitrogen and oxygen atoms in total. The predicted molar refractivity (Wildman–Crippen MR) is 75.0 cm³/mol. The lowest BCUT2D eigenvalue weighted by Crippen LogP contribution is -2.15. The first-order chi connectivity index (χ1) is 8.31. The first-order valence-corrected chi connectivity index (χ1v) is 7.36. The molecular weight excluding hydrogens is 248 g/mol. The maximum Gasteiger partial charge on any atom is 0.176 e. The molecule has 0 bridgehead atoms. The monoisotopic (exact) mass is 262 g/mol. The van der Waals surface area contributed by atoms with Gasteiger partial charge in [-0.25, -0.2) is 0 Å². The summed E-state index contributed by atoms with van der Waals surface area (Å²) < 4.78 is 1.21. The van der Waals surface area contributed by atoms with E-state index in [2.05, 4.69) is 13.0 Å². The van der Waals surface area contributed by atoms with Crippen molar-refractivity contribution in [3.63, 3.8) is 0 Å². The predicted octanol–water partition coefficient (Wildman–Crippen LogP) is 4.50. The highest BCUT2D eigenvalue weighted by molar-refractivity contribution is 8.02. The van der Waals surface area contributed by atoms with Crippen LogP contribution in [0.4, 0.5) is 0 Å². The van der Waals surface area contributed by atoms with Crippen LogP contribution in [0.2, 0.25) is 0 Å². The molecule has 0 spiro atoms. The van der Waals surface area contributed by atoms with Gasteiger partial charge in [0, 0.05) is 5.56 Å². The number of hydrogen-bond donors (Lipinski definition) is 0. The number of carbonyl (C=O) groups excluding carboxylic acids is 1. The minimum Gasteiger partial charge on any atom is -0.293 e. The Morgan fingerprint density at radius 1 is 1.24 bits per heavy atom. The van der Waals surface area contributed by atoms with Gasteiger partial charge in [0.05, 0.1) is 9.46 Å². The first-order valence-electron chi connectivity index (χ1n) is 5.60. The molecule has 88 valence electrons. The van der Waals surface area contributed by atoms with Crippen molar-refractivity contribution in [2.45, 2.75) is 22.8 Å². The molecule has 0 amide bonds. The van der Waals surface area contributed by atoms with E-state index in [0.29, 0.717) is 0 Å². The number of benzene rings is 1. The zero-order valence-corrected chi connectivity index (χ0v) is 11.3. The van der Waals surface area contributed by atoms with Crippen molar-refractivity contribution >= 4 is 28.9 Å². The lowest BCUT2D eigenvalue weighted by Gasteiger charge is -2.12. The Balaban J connectivity index is 2.11. The number of rotatable bonds is 5. The van der Waals surface area contributed by atoms with Gasteiger partial charge in [0.15, 0.2) is 5.78 Å². The third kappa shape index (κ3) is 3.20. The second-order valence-corrected chi connectivity index (χ2v) is 6.13. The van der Waals surface area contributed by atoms with Crippen LogP contribution in [0.3, 0.4) is 0 Å². The van der Waals surface area contributed by atoms with Crippen molar-refractivity contribution in [2.24, 2.45) is 0 Å². The Labute approximate surface area is 110 Å². The maximum atomic E-state index is 12.3. The normalized spacial score (nSPS) is 12.3. The van der Waals surface area contributed by atoms with Gasteiger partial charge in [-0.15, -0.1) is 23.1 Å². The lowest BCUT2D eigenvalue weighted by molar-refractivity contribution is 0.0988. The van der Waals surface area contributed by atoms with Crippen molar-refractivity contribution in [1.29, 1.82) is 0 Å². The topological polar surface area (TPSA) is 17.1 Å². The fourth-order valence-electron chi connectivity index (χ4n) is 1.58. The molecule has 2 rings (SSSR count). The lowest BCUT2D eigenvalue weighted by atomic mass is 10.1. The Bertz CT molecular complexity index is 462. The molecule has 0 fully saturated rings. The Hall–Kier alpha value is -1.06. The average molecular weight is 262 g/mol. The van der Waals surface area contributed by atoms with Gasteiger partial charge in [-0.3, -0.25) is 4.79 Å². The molecule has 2 aromatic rings. The van der Waals surface area contributed by atoms with Gasteiger partial charge in [-0.2, -0.15) is 0 Å². The highest BCUT2D eigenvalue weighted by Gasteiger charge is 2.19. The van der Waals surface area contributed by atoms with E-state index < -0.39 is 0 Å². The first kappa shape index (κ1) is 12.4. The van der Waals surface area contributed by atoms with Crippen molar-refractivity contribution < 1.29 is 4.79 Å². The zero-order valence-electron chi connectivity index (χ0n) is 9.63. The van der Waals surface area contributed by atoms with Gasteiger partial charge < -0.3 is 0 Å². The van der Waals surface area contributed by atoms with E-state index in [0.717, 1.165) is 12.0 Å². The summed E-state index contributed by atoms with van der Waals surface area (Å²) in [6, 6.07) is 13.6. The Morgan fingerprint density at radius 2 is 2.00 bits per heavy atom. The SMILES string of the molecule is CCC(Sc1cccs1)C(=O)c1ccccc1. The summed E-state index contributed by atoms with van der Waals surface area (Å²) in [5.74, 6) is 0.228. The zero-order chi connectivity index (χ0) is 12.1. The summed E-state index contributed by atoms with van der Waals surface area (Å²) in [5, 5.41) is 2.07. The molecular formula is C14H14OS2. The number of thiophene rings is 1. The second-order valence-electron chi connectivity index (χ2n) is 3.68. The molecule has 0 saturated heterocycles. The summed E-state index contributed by atoms with van der Waals surface area (Å²) >= 11 is 3.36. The fourth-order valence-corrected chi connectivity index (χ4v) is 3.61. The summed E-state index contributed by atoms with van der Waals surface area (Å²) in [4.78, 5) is 12.3. The third-order valence-corrected chi connectivity index (χ3v) is 4.91. The molecule has 1 unspecified atom stereocenters. The van der Waals surface area contributed by atoms with E-state index in [1.807, 2.05) is 41.8 Å². The van der Waals surface area contributed by atoms with Crippen LogP contribution in [0.25, 0.3) is 0 Å². The average Bonchev–Trinajstić information content (AvgIpc) is 2.89. The summed E-state index contributed by atoms with van der Waals surface area (Å²) in [7, 11) is 0. The van der Waals surface area contributed by atoms with Crippen LogP contribution in [0.5, 0.6) is 0 Å². The van der Waals surface area contributed by atoms with Gasteiger partial charge in [-0.05, 0) is 17.9 Å². The Morgan fingerprint density at radius 3 is 2.59 bits per heavy atom. The van der Waals surface area contributed by atoms with Crippen molar-refractivity contribution in [3.8, 4) is 0 Å². The number of Topliss-reactive ketones (excluding diaryl/α,β-unsaturated/α-hetero) is 1. The largest absolute Gasteiger partial charge is 0.293 e. The highest BCUT2D eigenvalue weighted by Crippen LogP contribution is 2.31. The van der Waals surface area contributed by atoms with Gasteiger partial charge >= 0.3 is 0 Å². The van der Waals surface area contributed by atoms with Crippen molar-refractivity contribution in [1.82, 2.24) is 0 Å². The molecule has 3 heteroatoms. The summed E-state index contributed by atoms with van der Waals surface area (Å²) in [6.07, 6.45) is 0.857. The van der Waals surface area contributed by atoms with Gasteiger partial charge in [0.2, 0.25) is 0 Å². The van der Waals surface area contributed by atoms with Gasteiger partial charge in [0.25, 0.3) is 0 Å². The quantitative estimate of drug-likeness (QED) is 0.583. The molecule has 1 aromatic heterocycles. The molecule has 17 heavy (non-hydrogen) atoms. The molecule has 1 aromatic carbocycles. The van der Waals surface area contributed by atoms with E-state index in [1.165, 1.54) is 4.21 Å². The van der Waals surface area contributed by atoms with Gasteiger partial charge in [-0.1, -0.05) is 43.3 Å². The molecule has 0 saturated carbocycles. The van der Waals surface area contributed by atoms with E-state index in [9.17, 15) is 4.79 Å². The van der Waals surface area contributed by atoms with E-state index in [4.69, 9.17) is 0 Å². The Kier molecular flexibility index (Phi) is 4.40. The number of hydrogen-bond acceptors (Lipinski definition) is 3. The standard InChI is InChI=1S/C14H14OS2/c1-2-12(17-13-9-6-10-16-13)14(15)11-7-4-3-5-8-11/h3-10,12H,2H2,1H3. The second kappa shape index (κ2) is 6.03. The van der Waals surface area contributed by atoms with E-state index in [-0.39, 0.29) is 11.0 Å². The van der Waals surface area contributed by atoms with Crippen molar-refractivity contribution in [2.75, 3.05) is 0 Å². The molecule has 1 heterocycles. The molecule has 0 N–H and O–H groups in total. The van der Waals surface area contributed by atoms with Crippen LogP contribution >= 0.6 is 23.1 Å². The smallest absolute Gasteiger partial charge is 0.176 e. The number of ketones is 1. The molecule has 0 aliphatic rings. The molecule has 1 atom stereocenters. The minimum absolute atomic E-state index is 0.0241. The van der Waals surface area contributed by atoms with Gasteiger partial charge in [0.1, 0.15) is 0 Å². The third-order valence-electron chi connectivity index (χ3n) is 2.48. The minimum atomic E-state index is 0.0241. The molecule has 0 aliphatic carbocycles. The summed E-state index contributed by atoms with van der Waals surface area (Å²) in [6.45, 7) is 2.06. The molecule has 0 aliphatic heterocycles. The van der Waals surface area contributed by atoms with Crippen LogP contribution in [0.1, 0.15) is 23.7 Å². The van der Waals surface area contributed by atoms with Crippen LogP contribution in [-0.4, -0.2) is 11.0 Å². The van der Waals surface area contributed by atoms with E-state index in [1.54, 1.807) is 23.1 Å². The number of thioether (sulfide) groups is 1. The molecule has 0 radical (unpaired) electrons. The summed E-state index contributed by atoms with van der Waals surface area (Å²) in [5.41, 5.74) is 0.809. The van der Waals surface area contributed by atoms with Crippen LogP contribution in [0.15, 0.2) is 52.1 Å².